The van der Waals surface area contributed by atoms with Gasteiger partial charge in [0, 0.05) is 66.2 Å². The molecule has 0 aliphatic heterocycles. The quantitative estimate of drug-likeness (QED) is 0.128. The highest BCUT2D eigenvalue weighted by Gasteiger charge is 2.30. The van der Waals surface area contributed by atoms with E-state index < -0.39 is 0 Å². The van der Waals surface area contributed by atoms with Crippen molar-refractivity contribution in [3.63, 3.8) is 0 Å². The van der Waals surface area contributed by atoms with E-state index in [2.05, 4.69) is 240 Å². The molecule has 0 atom stereocenters. The molecule has 0 amide bonds. The predicted octanol–water partition coefficient (Wildman–Crippen LogP) is 22.8. The molecular formula is C76H60N2O2. The Morgan fingerprint density at radius 2 is 0.650 bits per heavy atom. The van der Waals surface area contributed by atoms with Crippen molar-refractivity contribution in [3.8, 4) is 22.3 Å². The second-order valence-electron chi connectivity index (χ2n) is 22.7. The molecule has 2 heterocycles. The third-order valence-corrected chi connectivity index (χ3v) is 18.2. The van der Waals surface area contributed by atoms with Gasteiger partial charge in [0.25, 0.3) is 0 Å². The van der Waals surface area contributed by atoms with E-state index in [0.29, 0.717) is 11.8 Å². The molecule has 0 saturated heterocycles. The van der Waals surface area contributed by atoms with Crippen LogP contribution < -0.4 is 9.80 Å². The first kappa shape index (κ1) is 46.9. The maximum atomic E-state index is 6.58. The lowest BCUT2D eigenvalue weighted by Crippen LogP contribution is -2.14. The summed E-state index contributed by atoms with van der Waals surface area (Å²) in [7, 11) is 0. The number of furan rings is 2. The van der Waals surface area contributed by atoms with Crippen molar-refractivity contribution in [2.75, 3.05) is 9.80 Å². The van der Waals surface area contributed by atoms with Crippen LogP contribution in [0.2, 0.25) is 0 Å². The fraction of sp³-hybridized carbons (Fsp3) is 0.158. The lowest BCUT2D eigenvalue weighted by molar-refractivity contribution is 0.445. The van der Waals surface area contributed by atoms with Crippen LogP contribution >= 0.6 is 0 Å². The first-order valence-corrected chi connectivity index (χ1v) is 29.2. The van der Waals surface area contributed by atoms with E-state index in [9.17, 15) is 0 Å². The molecule has 0 unspecified atom stereocenters. The summed E-state index contributed by atoms with van der Waals surface area (Å²) in [5.41, 5.74) is 18.1. The number of hydrogen-bond acceptors (Lipinski definition) is 4. The molecule has 2 aliphatic carbocycles. The Morgan fingerprint density at radius 1 is 0.287 bits per heavy atom. The van der Waals surface area contributed by atoms with Crippen LogP contribution in [0.25, 0.3) is 98.4 Å². The Labute approximate surface area is 466 Å². The molecule has 0 radical (unpaired) electrons. The number of rotatable bonds is 10. The molecule has 0 spiro atoms. The summed E-state index contributed by atoms with van der Waals surface area (Å²) in [6, 6.07) is 85.5. The molecule has 14 aromatic rings. The van der Waals surface area contributed by atoms with Crippen LogP contribution in [0.1, 0.15) is 87.2 Å². The van der Waals surface area contributed by atoms with Gasteiger partial charge in [-0.1, -0.05) is 196 Å². The SMILES string of the molecule is c1ccc(N(c2ccc(-c3cccc4c3oc3ccccc34)cc2)c2cc(C3CCCCC3)c3ccc4c(N(c5ccccc5)c5ccc(-c6cccc7c6oc6ccccc67)cc5)cc(C5CCCCC5)c5ccc2c3c54)cc1. The number of hydrogen-bond donors (Lipinski definition) is 0. The van der Waals surface area contributed by atoms with Gasteiger partial charge in [-0.15, -0.1) is 0 Å². The molecule has 16 rings (SSSR count). The minimum atomic E-state index is 0.471. The van der Waals surface area contributed by atoms with Crippen molar-refractivity contribution in [2.24, 2.45) is 0 Å². The zero-order chi connectivity index (χ0) is 52.7. The maximum Gasteiger partial charge on any atom is 0.143 e. The lowest BCUT2D eigenvalue weighted by atomic mass is 9.77. The molecule has 2 fully saturated rings. The van der Waals surface area contributed by atoms with Crippen LogP contribution in [0.5, 0.6) is 0 Å². The molecule has 80 heavy (non-hydrogen) atoms. The number of nitrogens with zero attached hydrogens (tertiary/aromatic N) is 2. The molecule has 2 aliphatic rings. The largest absolute Gasteiger partial charge is 0.455 e. The second kappa shape index (κ2) is 19.4. The third kappa shape index (κ3) is 7.71. The predicted molar refractivity (Wildman–Crippen MR) is 337 cm³/mol. The first-order valence-electron chi connectivity index (χ1n) is 29.2. The van der Waals surface area contributed by atoms with Crippen molar-refractivity contribution in [1.82, 2.24) is 0 Å². The van der Waals surface area contributed by atoms with Gasteiger partial charge in [0.05, 0.1) is 11.4 Å². The smallest absolute Gasteiger partial charge is 0.143 e. The monoisotopic (exact) mass is 1030 g/mol. The molecule has 4 heteroatoms. The summed E-state index contributed by atoms with van der Waals surface area (Å²) >= 11 is 0. The van der Waals surface area contributed by atoms with E-state index in [0.717, 1.165) is 88.9 Å². The van der Waals surface area contributed by atoms with Gasteiger partial charge in [0.1, 0.15) is 22.3 Å². The Kier molecular flexibility index (Phi) is 11.4. The molecule has 0 bridgehead atoms. The zero-order valence-corrected chi connectivity index (χ0v) is 44.9. The standard InChI is InChI=1S/C76H60N2O2/c1-5-19-49(20-6-1)67-47-69(77(53-23-9-3-10-24-53)55-39-35-51(36-40-55)57-29-17-31-63-59-27-13-15-33-71(59)79-75(57)63)65-46-44-62-68(50-21-7-2-8-22-50)48-70(66-45-43-61(67)73(65)74(62)66)78(54-25-11-4-12-26-54)56-41-37-52(38-42-56)58-30-18-32-64-60-28-14-16-34-72(60)80-76(58)64/h3-4,9-18,23-50H,1-2,5-8,19-22H2. The highest BCUT2D eigenvalue weighted by Crippen LogP contribution is 2.53. The summed E-state index contributed by atoms with van der Waals surface area (Å²) in [4.78, 5) is 5.08. The van der Waals surface area contributed by atoms with Crippen molar-refractivity contribution in [1.29, 1.82) is 0 Å². The summed E-state index contributed by atoms with van der Waals surface area (Å²) < 4.78 is 13.2. The zero-order valence-electron chi connectivity index (χ0n) is 44.9. The molecule has 12 aromatic carbocycles. The third-order valence-electron chi connectivity index (χ3n) is 18.2. The summed E-state index contributed by atoms with van der Waals surface area (Å²) in [6.07, 6.45) is 12.5. The number of para-hydroxylation sites is 6. The van der Waals surface area contributed by atoms with E-state index in [4.69, 9.17) is 8.83 Å². The van der Waals surface area contributed by atoms with E-state index in [-0.39, 0.29) is 0 Å². The van der Waals surface area contributed by atoms with Gasteiger partial charge in [0.15, 0.2) is 0 Å². The van der Waals surface area contributed by atoms with E-state index in [1.807, 2.05) is 0 Å². The van der Waals surface area contributed by atoms with E-state index in [1.165, 1.54) is 119 Å². The lowest BCUT2D eigenvalue weighted by Gasteiger charge is -2.33. The van der Waals surface area contributed by atoms with Gasteiger partial charge in [-0.3, -0.25) is 0 Å². The number of benzene rings is 12. The van der Waals surface area contributed by atoms with Crippen LogP contribution in [0.4, 0.5) is 34.1 Å². The topological polar surface area (TPSA) is 32.8 Å². The summed E-state index contributed by atoms with van der Waals surface area (Å²) in [5.74, 6) is 0.941. The van der Waals surface area contributed by atoms with Crippen molar-refractivity contribution < 1.29 is 8.83 Å². The molecule has 4 nitrogen and oxygen atoms in total. The first-order chi connectivity index (χ1) is 39.7. The average molecular weight is 1030 g/mol. The van der Waals surface area contributed by atoms with E-state index in [1.54, 1.807) is 0 Å². The van der Waals surface area contributed by atoms with Gasteiger partial charge in [-0.25, -0.2) is 0 Å². The second-order valence-corrected chi connectivity index (χ2v) is 22.7. The number of fused-ring (bicyclic) bond motifs is 6. The van der Waals surface area contributed by atoms with Gasteiger partial charge < -0.3 is 18.6 Å². The van der Waals surface area contributed by atoms with Crippen molar-refractivity contribution >= 4 is 110 Å². The number of anilines is 6. The van der Waals surface area contributed by atoms with Gasteiger partial charge >= 0.3 is 0 Å². The fourth-order valence-electron chi connectivity index (χ4n) is 14.4. The molecule has 0 N–H and O–H groups in total. The summed E-state index contributed by atoms with van der Waals surface area (Å²) in [6.45, 7) is 0. The highest BCUT2D eigenvalue weighted by atomic mass is 16.3. The Morgan fingerprint density at radius 3 is 1.07 bits per heavy atom. The maximum absolute atomic E-state index is 6.58. The van der Waals surface area contributed by atoms with Gasteiger partial charge in [-0.2, -0.15) is 0 Å². The Hall–Kier alpha value is -9.12. The Balaban J connectivity index is 0.917. The molecule has 2 aromatic heterocycles. The molecular weight excluding hydrogens is 973 g/mol. The molecule has 386 valence electrons. The summed E-state index contributed by atoms with van der Waals surface area (Å²) in [5, 5.41) is 12.7. The van der Waals surface area contributed by atoms with E-state index >= 15 is 0 Å². The van der Waals surface area contributed by atoms with Gasteiger partial charge in [0.2, 0.25) is 0 Å². The van der Waals surface area contributed by atoms with Gasteiger partial charge in [-0.05, 0) is 154 Å². The Bertz CT molecular complexity index is 4300. The van der Waals surface area contributed by atoms with Crippen molar-refractivity contribution in [3.05, 3.63) is 242 Å². The van der Waals surface area contributed by atoms with Crippen LogP contribution in [0, 0.1) is 0 Å². The van der Waals surface area contributed by atoms with Crippen LogP contribution in [-0.4, -0.2) is 0 Å². The van der Waals surface area contributed by atoms with Crippen LogP contribution in [0.15, 0.2) is 239 Å². The minimum Gasteiger partial charge on any atom is -0.455 e. The van der Waals surface area contributed by atoms with Crippen LogP contribution in [0.3, 0.4) is 0 Å². The molecule has 2 saturated carbocycles. The minimum absolute atomic E-state index is 0.471. The highest BCUT2D eigenvalue weighted by molar-refractivity contribution is 6.29. The fourth-order valence-corrected chi connectivity index (χ4v) is 14.4. The van der Waals surface area contributed by atoms with Crippen molar-refractivity contribution in [2.45, 2.75) is 76.0 Å². The van der Waals surface area contributed by atoms with Crippen LogP contribution in [-0.2, 0) is 0 Å². The normalized spacial score (nSPS) is 14.7. The average Bonchev–Trinajstić information content (AvgIpc) is 4.22.